The first-order valence-electron chi connectivity index (χ1n) is 6.70. The highest BCUT2D eigenvalue weighted by Gasteiger charge is 2.23. The Labute approximate surface area is 108 Å². The number of aliphatic hydroxyl groups is 1. The number of aliphatic hydroxyl groups excluding tert-OH is 1. The van der Waals surface area contributed by atoms with Crippen LogP contribution in [0.3, 0.4) is 0 Å². The van der Waals surface area contributed by atoms with Crippen LogP contribution in [0.15, 0.2) is 42.5 Å². The molecule has 0 unspecified atom stereocenters. The second-order valence-corrected chi connectivity index (χ2v) is 5.09. The Bertz CT molecular complexity index is 532. The number of likely N-dealkylation sites (tertiary alicyclic amines) is 1. The van der Waals surface area contributed by atoms with Crippen molar-refractivity contribution >= 4 is 10.8 Å². The smallest absolute Gasteiger partial charge is 0.0587 e. The maximum absolute atomic E-state index is 9.39. The van der Waals surface area contributed by atoms with Gasteiger partial charge in [-0.05, 0) is 35.7 Å². The Morgan fingerprint density at radius 1 is 1.11 bits per heavy atom. The van der Waals surface area contributed by atoms with Crippen molar-refractivity contribution in [2.75, 3.05) is 13.2 Å². The third-order valence-electron chi connectivity index (χ3n) is 3.96. The predicted octanol–water partition coefficient (Wildman–Crippen LogP) is 2.80. The molecule has 0 spiro atoms. The van der Waals surface area contributed by atoms with Gasteiger partial charge in [0.05, 0.1) is 6.61 Å². The normalized spacial score (nSPS) is 20.6. The summed E-state index contributed by atoms with van der Waals surface area (Å²) in [5.41, 5.74) is 1.37. The molecule has 1 fully saturated rings. The molecule has 18 heavy (non-hydrogen) atoms. The fourth-order valence-electron chi connectivity index (χ4n) is 2.96. The molecule has 3 rings (SSSR count). The van der Waals surface area contributed by atoms with Crippen LogP contribution in [0.4, 0.5) is 0 Å². The van der Waals surface area contributed by atoms with Crippen LogP contribution >= 0.6 is 0 Å². The Kier molecular flexibility index (Phi) is 3.31. The molecule has 1 atom stereocenters. The molecule has 0 amide bonds. The first-order valence-corrected chi connectivity index (χ1v) is 6.70. The van der Waals surface area contributed by atoms with Crippen LogP contribution in [0.5, 0.6) is 0 Å². The van der Waals surface area contributed by atoms with E-state index in [0.29, 0.717) is 6.04 Å². The van der Waals surface area contributed by atoms with E-state index in [-0.39, 0.29) is 6.61 Å². The van der Waals surface area contributed by atoms with E-state index < -0.39 is 0 Å². The van der Waals surface area contributed by atoms with E-state index in [1.165, 1.54) is 22.8 Å². The van der Waals surface area contributed by atoms with Crippen LogP contribution in [-0.2, 0) is 6.54 Å². The molecule has 94 valence electrons. The molecule has 1 N–H and O–H groups in total. The van der Waals surface area contributed by atoms with E-state index in [1.54, 1.807) is 0 Å². The summed E-state index contributed by atoms with van der Waals surface area (Å²) in [6.07, 6.45) is 2.33. The van der Waals surface area contributed by atoms with Crippen LogP contribution in [0.2, 0.25) is 0 Å². The molecule has 1 aliphatic heterocycles. The molecule has 0 bridgehead atoms. The molecule has 0 aromatic heterocycles. The highest BCUT2D eigenvalue weighted by Crippen LogP contribution is 2.24. The first kappa shape index (κ1) is 11.7. The van der Waals surface area contributed by atoms with Crippen molar-refractivity contribution in [3.05, 3.63) is 48.0 Å². The van der Waals surface area contributed by atoms with Gasteiger partial charge >= 0.3 is 0 Å². The number of fused-ring (bicyclic) bond motifs is 1. The standard InChI is InChI=1S/C16H19NO/c18-12-15-8-4-10-17(15)11-14-7-3-6-13-5-1-2-9-16(13)14/h1-3,5-7,9,15,18H,4,8,10-12H2/t15-/m1/s1. The molecule has 2 nitrogen and oxygen atoms in total. The predicted molar refractivity (Wildman–Crippen MR) is 74.5 cm³/mol. The van der Waals surface area contributed by atoms with E-state index in [4.69, 9.17) is 0 Å². The number of hydrogen-bond acceptors (Lipinski definition) is 2. The summed E-state index contributed by atoms with van der Waals surface area (Å²) in [7, 11) is 0. The monoisotopic (exact) mass is 241 g/mol. The summed E-state index contributed by atoms with van der Waals surface area (Å²) < 4.78 is 0. The van der Waals surface area contributed by atoms with Crippen molar-refractivity contribution in [2.45, 2.75) is 25.4 Å². The average molecular weight is 241 g/mol. The Balaban J connectivity index is 1.90. The molecule has 1 saturated heterocycles. The van der Waals surface area contributed by atoms with Gasteiger partial charge in [-0.3, -0.25) is 4.90 Å². The van der Waals surface area contributed by atoms with Crippen molar-refractivity contribution in [2.24, 2.45) is 0 Å². The van der Waals surface area contributed by atoms with Gasteiger partial charge in [-0.1, -0.05) is 42.5 Å². The van der Waals surface area contributed by atoms with Crippen molar-refractivity contribution in [1.29, 1.82) is 0 Å². The molecular formula is C16H19NO. The van der Waals surface area contributed by atoms with Crippen molar-refractivity contribution in [3.63, 3.8) is 0 Å². The molecule has 2 aromatic carbocycles. The fourth-order valence-corrected chi connectivity index (χ4v) is 2.96. The summed E-state index contributed by atoms with van der Waals surface area (Å²) >= 11 is 0. The first-order chi connectivity index (χ1) is 8.88. The molecule has 0 aliphatic carbocycles. The van der Waals surface area contributed by atoms with Gasteiger partial charge in [0.25, 0.3) is 0 Å². The van der Waals surface area contributed by atoms with Gasteiger partial charge in [0.15, 0.2) is 0 Å². The molecule has 2 heteroatoms. The summed E-state index contributed by atoms with van der Waals surface area (Å²) in [5, 5.41) is 12.0. The lowest BCUT2D eigenvalue weighted by Gasteiger charge is -2.23. The largest absolute Gasteiger partial charge is 0.395 e. The summed E-state index contributed by atoms with van der Waals surface area (Å²) in [6.45, 7) is 2.34. The third kappa shape index (κ3) is 2.14. The SMILES string of the molecule is OC[C@H]1CCCN1Cc1cccc2ccccc12. The van der Waals surface area contributed by atoms with Crippen LogP contribution in [0, 0.1) is 0 Å². The van der Waals surface area contributed by atoms with Gasteiger partial charge in [0, 0.05) is 12.6 Å². The van der Waals surface area contributed by atoms with Gasteiger partial charge < -0.3 is 5.11 Å². The van der Waals surface area contributed by atoms with E-state index in [9.17, 15) is 5.11 Å². The van der Waals surface area contributed by atoms with Gasteiger partial charge in [0.1, 0.15) is 0 Å². The minimum atomic E-state index is 0.283. The van der Waals surface area contributed by atoms with Crippen LogP contribution in [-0.4, -0.2) is 29.2 Å². The van der Waals surface area contributed by atoms with Crippen LogP contribution in [0.25, 0.3) is 10.8 Å². The molecule has 0 saturated carbocycles. The van der Waals surface area contributed by atoms with Crippen molar-refractivity contribution in [3.8, 4) is 0 Å². The zero-order valence-electron chi connectivity index (χ0n) is 10.5. The highest BCUT2D eigenvalue weighted by atomic mass is 16.3. The summed E-state index contributed by atoms with van der Waals surface area (Å²) in [6, 6.07) is 15.4. The van der Waals surface area contributed by atoms with E-state index >= 15 is 0 Å². The van der Waals surface area contributed by atoms with Crippen LogP contribution < -0.4 is 0 Å². The average Bonchev–Trinajstić information content (AvgIpc) is 2.86. The molecule has 0 radical (unpaired) electrons. The van der Waals surface area contributed by atoms with Crippen molar-refractivity contribution in [1.82, 2.24) is 4.90 Å². The van der Waals surface area contributed by atoms with Gasteiger partial charge in [-0.2, -0.15) is 0 Å². The van der Waals surface area contributed by atoms with Crippen molar-refractivity contribution < 1.29 is 5.11 Å². The van der Waals surface area contributed by atoms with E-state index in [2.05, 4.69) is 47.4 Å². The Hall–Kier alpha value is -1.38. The summed E-state index contributed by atoms with van der Waals surface area (Å²) in [4.78, 5) is 2.40. The number of nitrogens with zero attached hydrogens (tertiary/aromatic N) is 1. The molecule has 1 heterocycles. The van der Waals surface area contributed by atoms with E-state index in [0.717, 1.165) is 19.5 Å². The topological polar surface area (TPSA) is 23.5 Å². The Morgan fingerprint density at radius 2 is 1.94 bits per heavy atom. The Morgan fingerprint density at radius 3 is 2.83 bits per heavy atom. The van der Waals surface area contributed by atoms with Crippen LogP contribution in [0.1, 0.15) is 18.4 Å². The second kappa shape index (κ2) is 5.09. The number of hydrogen-bond donors (Lipinski definition) is 1. The number of benzene rings is 2. The number of rotatable bonds is 3. The third-order valence-corrected chi connectivity index (χ3v) is 3.96. The maximum atomic E-state index is 9.39. The lowest BCUT2D eigenvalue weighted by atomic mass is 10.0. The quantitative estimate of drug-likeness (QED) is 0.893. The molecular weight excluding hydrogens is 222 g/mol. The van der Waals surface area contributed by atoms with Gasteiger partial charge in [-0.25, -0.2) is 0 Å². The highest BCUT2D eigenvalue weighted by molar-refractivity contribution is 5.85. The van der Waals surface area contributed by atoms with Gasteiger partial charge in [0.2, 0.25) is 0 Å². The minimum absolute atomic E-state index is 0.283. The zero-order valence-corrected chi connectivity index (χ0v) is 10.5. The zero-order chi connectivity index (χ0) is 12.4. The molecule has 1 aliphatic rings. The fraction of sp³-hybridized carbons (Fsp3) is 0.375. The van der Waals surface area contributed by atoms with E-state index in [1.807, 2.05) is 0 Å². The maximum Gasteiger partial charge on any atom is 0.0587 e. The summed E-state index contributed by atoms with van der Waals surface area (Å²) in [5.74, 6) is 0. The lowest BCUT2D eigenvalue weighted by molar-refractivity contribution is 0.154. The second-order valence-electron chi connectivity index (χ2n) is 5.09. The lowest BCUT2D eigenvalue weighted by Crippen LogP contribution is -2.31. The molecule has 2 aromatic rings. The minimum Gasteiger partial charge on any atom is -0.395 e. The van der Waals surface area contributed by atoms with Gasteiger partial charge in [-0.15, -0.1) is 0 Å².